The van der Waals surface area contributed by atoms with Crippen LogP contribution in [0.2, 0.25) is 5.02 Å². The van der Waals surface area contributed by atoms with Crippen LogP contribution in [-0.2, 0) is 0 Å². The standard InChI is InChI=1S/C19H21ClN4O/c1-11-16-17(21-13(3)22-18(16)23-9-4-10-23)12(2)24(11)19(25)14-5-7-15(20)8-6-14/h5-8,11-12H,4,9-10H2,1-3H3. The number of hydrogen-bond acceptors (Lipinski definition) is 4. The first-order valence-corrected chi connectivity index (χ1v) is 9.06. The number of aryl methyl sites for hydroxylation is 1. The van der Waals surface area contributed by atoms with Gasteiger partial charge in [0.05, 0.1) is 17.8 Å². The van der Waals surface area contributed by atoms with E-state index in [4.69, 9.17) is 11.6 Å². The molecule has 25 heavy (non-hydrogen) atoms. The predicted octanol–water partition coefficient (Wildman–Crippen LogP) is 3.93. The van der Waals surface area contributed by atoms with Crippen LogP contribution in [0.4, 0.5) is 5.82 Å². The van der Waals surface area contributed by atoms with E-state index in [0.29, 0.717) is 10.6 Å². The lowest BCUT2D eigenvalue weighted by Gasteiger charge is -2.34. The highest BCUT2D eigenvalue weighted by molar-refractivity contribution is 6.30. The summed E-state index contributed by atoms with van der Waals surface area (Å²) in [7, 11) is 0. The van der Waals surface area contributed by atoms with Gasteiger partial charge in [-0.2, -0.15) is 0 Å². The van der Waals surface area contributed by atoms with Crippen molar-refractivity contribution < 1.29 is 4.79 Å². The molecule has 1 amide bonds. The maximum Gasteiger partial charge on any atom is 0.254 e. The van der Waals surface area contributed by atoms with Crippen molar-refractivity contribution >= 4 is 23.3 Å². The Balaban J connectivity index is 1.74. The van der Waals surface area contributed by atoms with Crippen LogP contribution in [0.15, 0.2) is 24.3 Å². The van der Waals surface area contributed by atoms with Gasteiger partial charge in [0.25, 0.3) is 5.91 Å². The van der Waals surface area contributed by atoms with Gasteiger partial charge in [-0.25, -0.2) is 9.97 Å². The Hall–Kier alpha value is -2.14. The highest BCUT2D eigenvalue weighted by Crippen LogP contribution is 2.45. The number of rotatable bonds is 2. The van der Waals surface area contributed by atoms with E-state index in [1.807, 2.05) is 18.7 Å². The van der Waals surface area contributed by atoms with Crippen molar-refractivity contribution in [2.24, 2.45) is 0 Å². The fourth-order valence-electron chi connectivity index (χ4n) is 3.78. The first kappa shape index (κ1) is 16.3. The Kier molecular flexibility index (Phi) is 3.91. The summed E-state index contributed by atoms with van der Waals surface area (Å²) in [5, 5.41) is 0.629. The van der Waals surface area contributed by atoms with Crippen molar-refractivity contribution in [3.8, 4) is 0 Å². The molecule has 0 N–H and O–H groups in total. The maximum absolute atomic E-state index is 13.1. The summed E-state index contributed by atoms with van der Waals surface area (Å²) >= 11 is 5.95. The zero-order valence-corrected chi connectivity index (χ0v) is 15.4. The van der Waals surface area contributed by atoms with Crippen molar-refractivity contribution in [1.29, 1.82) is 0 Å². The maximum atomic E-state index is 13.1. The summed E-state index contributed by atoms with van der Waals surface area (Å²) in [6.45, 7) is 8.08. The van der Waals surface area contributed by atoms with Gasteiger partial charge in [-0.05, 0) is 51.5 Å². The normalized spacial score (nSPS) is 21.9. The van der Waals surface area contributed by atoms with Gasteiger partial charge >= 0.3 is 0 Å². The van der Waals surface area contributed by atoms with Crippen molar-refractivity contribution in [1.82, 2.24) is 14.9 Å². The van der Waals surface area contributed by atoms with E-state index in [-0.39, 0.29) is 18.0 Å². The minimum absolute atomic E-state index is 0.00174. The van der Waals surface area contributed by atoms with Crippen molar-refractivity contribution in [2.75, 3.05) is 18.0 Å². The number of amides is 1. The molecule has 0 aliphatic carbocycles. The third kappa shape index (κ3) is 2.58. The molecule has 1 saturated heterocycles. The van der Waals surface area contributed by atoms with Crippen LogP contribution in [0, 0.1) is 6.92 Å². The molecule has 2 unspecified atom stereocenters. The lowest BCUT2D eigenvalue weighted by atomic mass is 10.1. The molecule has 5 nitrogen and oxygen atoms in total. The SMILES string of the molecule is Cc1nc2c(c(N3CCC3)n1)C(C)N(C(=O)c1ccc(Cl)cc1)C2C. The van der Waals surface area contributed by atoms with Gasteiger partial charge in [0.1, 0.15) is 11.6 Å². The average Bonchev–Trinajstić information content (AvgIpc) is 2.77. The van der Waals surface area contributed by atoms with E-state index in [9.17, 15) is 4.79 Å². The highest BCUT2D eigenvalue weighted by atomic mass is 35.5. The lowest BCUT2D eigenvalue weighted by Crippen LogP contribution is -2.39. The Bertz CT molecular complexity index is 832. The number of nitrogens with zero attached hydrogens (tertiary/aromatic N) is 4. The van der Waals surface area contributed by atoms with Gasteiger partial charge in [0, 0.05) is 29.2 Å². The van der Waals surface area contributed by atoms with E-state index >= 15 is 0 Å². The number of carbonyl (C=O) groups is 1. The second kappa shape index (κ2) is 5.99. The van der Waals surface area contributed by atoms with Crippen LogP contribution in [0.5, 0.6) is 0 Å². The lowest BCUT2D eigenvalue weighted by molar-refractivity contribution is 0.0647. The molecule has 1 aromatic heterocycles. The minimum Gasteiger partial charge on any atom is -0.356 e. The first-order chi connectivity index (χ1) is 12.0. The molecule has 2 aliphatic heterocycles. The second-order valence-corrected chi connectivity index (χ2v) is 7.24. The van der Waals surface area contributed by atoms with Crippen LogP contribution in [0.25, 0.3) is 0 Å². The Morgan fingerprint density at radius 3 is 2.40 bits per heavy atom. The molecule has 1 aromatic carbocycles. The molecule has 3 heterocycles. The van der Waals surface area contributed by atoms with Crippen molar-refractivity contribution in [2.45, 2.75) is 39.3 Å². The molecule has 0 saturated carbocycles. The fourth-order valence-corrected chi connectivity index (χ4v) is 3.90. The zero-order chi connectivity index (χ0) is 17.7. The van der Waals surface area contributed by atoms with Gasteiger partial charge in [0.15, 0.2) is 0 Å². The van der Waals surface area contributed by atoms with Gasteiger partial charge in [-0.1, -0.05) is 11.6 Å². The van der Waals surface area contributed by atoms with Gasteiger partial charge in [-0.3, -0.25) is 4.79 Å². The van der Waals surface area contributed by atoms with Crippen molar-refractivity contribution in [3.05, 3.63) is 51.9 Å². The number of aromatic nitrogens is 2. The van der Waals surface area contributed by atoms with E-state index in [0.717, 1.165) is 36.0 Å². The number of fused-ring (bicyclic) bond motifs is 1. The largest absolute Gasteiger partial charge is 0.356 e. The van der Waals surface area contributed by atoms with Crippen LogP contribution in [0.1, 0.15) is 59.8 Å². The minimum atomic E-state index is -0.0742. The molecular weight excluding hydrogens is 336 g/mol. The summed E-state index contributed by atoms with van der Waals surface area (Å²) in [4.78, 5) is 26.7. The molecule has 2 atom stereocenters. The fraction of sp³-hybridized carbons (Fsp3) is 0.421. The van der Waals surface area contributed by atoms with Gasteiger partial charge < -0.3 is 9.80 Å². The van der Waals surface area contributed by atoms with E-state index in [1.54, 1.807) is 24.3 Å². The van der Waals surface area contributed by atoms with Gasteiger partial charge in [0.2, 0.25) is 0 Å². The van der Waals surface area contributed by atoms with E-state index in [1.165, 1.54) is 6.42 Å². The molecule has 0 bridgehead atoms. The Morgan fingerprint density at radius 1 is 1.12 bits per heavy atom. The number of halogens is 1. The predicted molar refractivity (Wildman–Crippen MR) is 98.1 cm³/mol. The molecule has 0 spiro atoms. The van der Waals surface area contributed by atoms with Crippen LogP contribution in [-0.4, -0.2) is 33.9 Å². The quantitative estimate of drug-likeness (QED) is 0.818. The first-order valence-electron chi connectivity index (χ1n) is 8.69. The molecule has 130 valence electrons. The molecule has 4 rings (SSSR count). The summed E-state index contributed by atoms with van der Waals surface area (Å²) in [5.74, 6) is 1.77. The number of benzene rings is 1. The third-order valence-corrected chi connectivity index (χ3v) is 5.45. The molecule has 2 aliphatic rings. The molecule has 1 fully saturated rings. The van der Waals surface area contributed by atoms with Crippen LogP contribution in [0.3, 0.4) is 0 Å². The highest BCUT2D eigenvalue weighted by Gasteiger charge is 2.41. The Morgan fingerprint density at radius 2 is 1.80 bits per heavy atom. The second-order valence-electron chi connectivity index (χ2n) is 6.81. The summed E-state index contributed by atoms with van der Waals surface area (Å²) in [5.41, 5.74) is 2.72. The molecule has 2 aromatic rings. The summed E-state index contributed by atoms with van der Waals surface area (Å²) in [6.07, 6.45) is 1.19. The number of hydrogen-bond donors (Lipinski definition) is 0. The van der Waals surface area contributed by atoms with Crippen LogP contribution >= 0.6 is 11.6 Å². The number of carbonyl (C=O) groups excluding carboxylic acids is 1. The zero-order valence-electron chi connectivity index (χ0n) is 14.7. The topological polar surface area (TPSA) is 49.3 Å². The molecule has 6 heteroatoms. The third-order valence-electron chi connectivity index (χ3n) is 5.20. The summed E-state index contributed by atoms with van der Waals surface area (Å²) < 4.78 is 0. The average molecular weight is 357 g/mol. The summed E-state index contributed by atoms with van der Waals surface area (Å²) in [6, 6.07) is 6.94. The Labute approximate surface area is 152 Å². The van der Waals surface area contributed by atoms with Crippen LogP contribution < -0.4 is 4.90 Å². The van der Waals surface area contributed by atoms with E-state index in [2.05, 4.69) is 21.8 Å². The van der Waals surface area contributed by atoms with Crippen molar-refractivity contribution in [3.63, 3.8) is 0 Å². The molecule has 0 radical (unpaired) electrons. The number of anilines is 1. The van der Waals surface area contributed by atoms with Gasteiger partial charge in [-0.15, -0.1) is 0 Å². The molecular formula is C19H21ClN4O. The smallest absolute Gasteiger partial charge is 0.254 e. The monoisotopic (exact) mass is 356 g/mol. The van der Waals surface area contributed by atoms with E-state index < -0.39 is 0 Å².